The Hall–Kier alpha value is -3.76. The van der Waals surface area contributed by atoms with Crippen LogP contribution in [0.25, 0.3) is 44.5 Å². The molecule has 0 aliphatic heterocycles. The smallest absolute Gasteiger partial charge is 0.347 e. The average molecular weight is 633 g/mol. The van der Waals surface area contributed by atoms with Gasteiger partial charge in [0.05, 0.1) is 0 Å². The van der Waals surface area contributed by atoms with Crippen molar-refractivity contribution in [1.82, 2.24) is 9.97 Å². The normalized spacial score (nSPS) is 13.3. The van der Waals surface area contributed by atoms with Crippen LogP contribution in [0.2, 0.25) is 0 Å². The SMILES string of the molecule is O=S(=O)(O)c1nc2c(S(=O)(=O)O)c(-c3ccc(-c4ccc5oc(S(=O)(=O)O)nc5c4S(=O)(=O)O)cc3)ccc2o1. The van der Waals surface area contributed by atoms with Crippen LogP contribution in [-0.4, -0.2) is 61.9 Å². The molecule has 4 N–H and O–H groups in total. The molecule has 0 radical (unpaired) electrons. The standard InChI is InChI=1S/C20H12N2O14S4/c23-37(24,25)17-11(5-7-13-15(17)21-19(35-13)39(29,30)31)9-1-2-10(4-3-9)12-6-8-14-16(18(12)38(26,27)28)22-20(36-14)40(32,33)34/h1-8H,(H,23,24,25)(H,26,27,28)(H,29,30,31)(H,32,33,34). The molecule has 0 bridgehead atoms. The quantitative estimate of drug-likeness (QED) is 0.195. The second-order valence-corrected chi connectivity index (χ2v) is 13.3. The van der Waals surface area contributed by atoms with Crippen LogP contribution in [0, 0.1) is 0 Å². The lowest BCUT2D eigenvalue weighted by molar-refractivity contribution is 0.407. The third-order valence-corrected chi connectivity index (χ3v) is 8.54. The Labute approximate surface area is 223 Å². The van der Waals surface area contributed by atoms with Crippen molar-refractivity contribution >= 4 is 62.7 Å². The van der Waals surface area contributed by atoms with Crippen LogP contribution in [0.1, 0.15) is 0 Å². The van der Waals surface area contributed by atoms with Gasteiger partial charge in [0.15, 0.2) is 11.2 Å². The summed E-state index contributed by atoms with van der Waals surface area (Å²) in [5.74, 6) is 0. The van der Waals surface area contributed by atoms with Crippen LogP contribution in [0.3, 0.4) is 0 Å². The minimum absolute atomic E-state index is 0.0965. The minimum Gasteiger partial charge on any atom is -0.426 e. The Morgan fingerprint density at radius 3 is 1.07 bits per heavy atom. The first kappa shape index (κ1) is 27.8. The van der Waals surface area contributed by atoms with Gasteiger partial charge >= 0.3 is 30.7 Å². The van der Waals surface area contributed by atoms with Gasteiger partial charge in [-0.3, -0.25) is 18.2 Å². The highest BCUT2D eigenvalue weighted by Crippen LogP contribution is 2.38. The van der Waals surface area contributed by atoms with E-state index in [1.165, 1.54) is 24.3 Å². The number of hydrogen-bond donors (Lipinski definition) is 4. The molecule has 0 saturated heterocycles. The molecule has 2 heterocycles. The molecule has 0 saturated carbocycles. The van der Waals surface area contributed by atoms with E-state index in [-0.39, 0.29) is 33.4 Å². The van der Waals surface area contributed by atoms with Gasteiger partial charge in [-0.2, -0.15) is 43.6 Å². The van der Waals surface area contributed by atoms with Crippen LogP contribution < -0.4 is 0 Å². The lowest BCUT2D eigenvalue weighted by Gasteiger charge is -2.11. The topological polar surface area (TPSA) is 270 Å². The summed E-state index contributed by atoms with van der Waals surface area (Å²) in [4.78, 5) is 5.25. The Morgan fingerprint density at radius 1 is 0.475 bits per heavy atom. The van der Waals surface area contributed by atoms with Crippen LogP contribution in [0.5, 0.6) is 0 Å². The molecule has 0 amide bonds. The average Bonchev–Trinajstić information content (AvgIpc) is 3.46. The molecule has 20 heteroatoms. The van der Waals surface area contributed by atoms with Gasteiger partial charge < -0.3 is 8.83 Å². The Bertz CT molecular complexity index is 2140. The maximum Gasteiger partial charge on any atom is 0.347 e. The van der Waals surface area contributed by atoms with Gasteiger partial charge in [0, 0.05) is 11.1 Å². The Balaban J connectivity index is 1.70. The molecule has 2 aromatic heterocycles. The molecule has 40 heavy (non-hydrogen) atoms. The molecular formula is C20H12N2O14S4. The van der Waals surface area contributed by atoms with Gasteiger partial charge in [-0.05, 0) is 35.4 Å². The third kappa shape index (κ3) is 4.86. The van der Waals surface area contributed by atoms with Crippen molar-refractivity contribution in [3.63, 3.8) is 0 Å². The summed E-state index contributed by atoms with van der Waals surface area (Å²) < 4.78 is 142. The van der Waals surface area contributed by atoms with E-state index in [1.807, 2.05) is 0 Å². The molecule has 3 aromatic carbocycles. The van der Waals surface area contributed by atoms with E-state index in [0.29, 0.717) is 0 Å². The highest BCUT2D eigenvalue weighted by atomic mass is 32.2. The molecule has 0 fully saturated rings. The molecule has 5 aromatic rings. The molecule has 0 aliphatic rings. The number of rotatable bonds is 6. The first-order valence-corrected chi connectivity index (χ1v) is 16.0. The number of benzene rings is 3. The monoisotopic (exact) mass is 632 g/mol. The van der Waals surface area contributed by atoms with Gasteiger partial charge in [-0.15, -0.1) is 0 Å². The van der Waals surface area contributed by atoms with Crippen molar-refractivity contribution < 1.29 is 60.7 Å². The predicted octanol–water partition coefficient (Wildman–Crippen LogP) is 2.29. The molecule has 0 spiro atoms. The van der Waals surface area contributed by atoms with Crippen LogP contribution >= 0.6 is 0 Å². The summed E-state index contributed by atoms with van der Waals surface area (Å²) in [7, 11) is -20.0. The largest absolute Gasteiger partial charge is 0.426 e. The number of nitrogens with zero attached hydrogens (tertiary/aromatic N) is 2. The Kier molecular flexibility index (Phi) is 6.16. The van der Waals surface area contributed by atoms with Crippen molar-refractivity contribution in [3.05, 3.63) is 48.5 Å². The van der Waals surface area contributed by atoms with Crippen molar-refractivity contribution in [1.29, 1.82) is 0 Å². The first-order valence-electron chi connectivity index (χ1n) is 10.2. The van der Waals surface area contributed by atoms with E-state index in [9.17, 15) is 51.9 Å². The van der Waals surface area contributed by atoms with E-state index < -0.39 is 71.7 Å². The molecule has 16 nitrogen and oxygen atoms in total. The first-order chi connectivity index (χ1) is 18.4. The van der Waals surface area contributed by atoms with Gasteiger partial charge in [0.1, 0.15) is 20.8 Å². The second-order valence-electron chi connectivity index (χ2n) is 8.02. The van der Waals surface area contributed by atoms with Crippen LogP contribution in [-0.2, 0) is 40.5 Å². The summed E-state index contributed by atoms with van der Waals surface area (Å²) in [5.41, 5.74) is -2.15. The predicted molar refractivity (Wildman–Crippen MR) is 132 cm³/mol. The zero-order valence-electron chi connectivity index (χ0n) is 19.0. The summed E-state index contributed by atoms with van der Waals surface area (Å²) in [6.45, 7) is 0. The van der Waals surface area contributed by atoms with E-state index in [0.717, 1.165) is 24.3 Å². The zero-order valence-corrected chi connectivity index (χ0v) is 22.3. The fourth-order valence-corrected chi connectivity index (χ4v) is 6.44. The fraction of sp³-hybridized carbons (Fsp3) is 0. The molecular weight excluding hydrogens is 620 g/mol. The minimum atomic E-state index is -5.06. The van der Waals surface area contributed by atoms with Crippen LogP contribution in [0.4, 0.5) is 0 Å². The van der Waals surface area contributed by atoms with E-state index in [1.54, 1.807) is 0 Å². The summed E-state index contributed by atoms with van der Waals surface area (Å²) >= 11 is 0. The zero-order chi connectivity index (χ0) is 29.4. The highest BCUT2D eigenvalue weighted by molar-refractivity contribution is 7.86. The second kappa shape index (κ2) is 8.87. The van der Waals surface area contributed by atoms with Crippen molar-refractivity contribution in [3.8, 4) is 22.3 Å². The van der Waals surface area contributed by atoms with Gasteiger partial charge in [-0.25, -0.2) is 0 Å². The van der Waals surface area contributed by atoms with E-state index in [4.69, 9.17) is 8.83 Å². The Morgan fingerprint density at radius 2 is 0.800 bits per heavy atom. The van der Waals surface area contributed by atoms with Gasteiger partial charge in [0.2, 0.25) is 0 Å². The van der Waals surface area contributed by atoms with E-state index >= 15 is 0 Å². The number of aromatic nitrogens is 2. The maximum atomic E-state index is 12.2. The van der Waals surface area contributed by atoms with Gasteiger partial charge in [0.25, 0.3) is 20.2 Å². The summed E-state index contributed by atoms with van der Waals surface area (Å²) in [5, 5.41) is -2.42. The molecule has 0 aliphatic carbocycles. The number of hydrogen-bond acceptors (Lipinski definition) is 12. The number of oxazole rings is 2. The third-order valence-electron chi connectivity index (χ3n) is 5.45. The molecule has 210 valence electrons. The fourth-order valence-electron chi connectivity index (χ4n) is 3.93. The summed E-state index contributed by atoms with van der Waals surface area (Å²) in [6, 6.07) is 9.69. The van der Waals surface area contributed by atoms with Crippen molar-refractivity contribution in [2.75, 3.05) is 0 Å². The molecule has 0 atom stereocenters. The van der Waals surface area contributed by atoms with Crippen molar-refractivity contribution in [2.45, 2.75) is 20.2 Å². The molecule has 0 unspecified atom stereocenters. The highest BCUT2D eigenvalue weighted by Gasteiger charge is 2.29. The summed E-state index contributed by atoms with van der Waals surface area (Å²) in [6.07, 6.45) is 0. The lowest BCUT2D eigenvalue weighted by atomic mass is 9.99. The van der Waals surface area contributed by atoms with Crippen LogP contribution in [0.15, 0.2) is 77.6 Å². The molecule has 5 rings (SSSR count). The van der Waals surface area contributed by atoms with Gasteiger partial charge in [-0.1, -0.05) is 24.3 Å². The lowest BCUT2D eigenvalue weighted by Crippen LogP contribution is -2.04. The van der Waals surface area contributed by atoms with Crippen molar-refractivity contribution in [2.24, 2.45) is 0 Å². The van der Waals surface area contributed by atoms with E-state index in [2.05, 4.69) is 9.97 Å². The number of fused-ring (bicyclic) bond motifs is 2. The maximum absolute atomic E-state index is 12.2.